The van der Waals surface area contributed by atoms with Gasteiger partial charge in [0.25, 0.3) is 0 Å². The number of carbonyl (C=O) groups is 2. The third-order valence-corrected chi connectivity index (χ3v) is 3.78. The molecule has 0 aliphatic carbocycles. The zero-order chi connectivity index (χ0) is 15.2. The topological polar surface area (TPSA) is 82.5 Å². The van der Waals surface area contributed by atoms with Crippen LogP contribution in [0.5, 0.6) is 0 Å². The van der Waals surface area contributed by atoms with Crippen molar-refractivity contribution in [2.45, 2.75) is 26.3 Å². The SMILES string of the molecule is CCN1CCC[C@@H](CNCc2cc(C(=O)O)ccn2)C1=O. The van der Waals surface area contributed by atoms with Crippen LogP contribution in [0.15, 0.2) is 18.3 Å². The first-order chi connectivity index (χ1) is 10.1. The number of piperidine rings is 1. The molecule has 0 bridgehead atoms. The van der Waals surface area contributed by atoms with E-state index in [-0.39, 0.29) is 17.4 Å². The Bertz CT molecular complexity index is 519. The van der Waals surface area contributed by atoms with E-state index >= 15 is 0 Å². The summed E-state index contributed by atoms with van der Waals surface area (Å²) in [6.07, 6.45) is 3.44. The number of pyridine rings is 1. The predicted molar refractivity (Wildman–Crippen MR) is 77.9 cm³/mol. The molecule has 0 saturated carbocycles. The minimum absolute atomic E-state index is 0.0151. The molecule has 1 saturated heterocycles. The van der Waals surface area contributed by atoms with Crippen molar-refractivity contribution < 1.29 is 14.7 Å². The summed E-state index contributed by atoms with van der Waals surface area (Å²) in [5, 5.41) is 12.1. The standard InChI is InChI=1S/C15H21N3O3/c1-2-18-7-3-4-12(14(18)19)9-16-10-13-8-11(15(20)21)5-6-17-13/h5-6,8,12,16H,2-4,7,9-10H2,1H3,(H,20,21)/t12-/m0/s1. The number of rotatable bonds is 6. The summed E-state index contributed by atoms with van der Waals surface area (Å²) in [4.78, 5) is 29.0. The number of nitrogens with zero attached hydrogens (tertiary/aromatic N) is 2. The molecule has 0 spiro atoms. The molecule has 1 aliphatic rings. The number of carbonyl (C=O) groups excluding carboxylic acids is 1. The molecule has 1 amide bonds. The van der Waals surface area contributed by atoms with Crippen LogP contribution >= 0.6 is 0 Å². The van der Waals surface area contributed by atoms with Crippen molar-refractivity contribution in [2.24, 2.45) is 5.92 Å². The van der Waals surface area contributed by atoms with Crippen molar-refractivity contribution >= 4 is 11.9 Å². The van der Waals surface area contributed by atoms with E-state index < -0.39 is 5.97 Å². The minimum atomic E-state index is -0.959. The molecule has 0 radical (unpaired) electrons. The van der Waals surface area contributed by atoms with E-state index in [1.165, 1.54) is 12.3 Å². The highest BCUT2D eigenvalue weighted by Crippen LogP contribution is 2.17. The largest absolute Gasteiger partial charge is 0.478 e. The van der Waals surface area contributed by atoms with Gasteiger partial charge >= 0.3 is 5.97 Å². The lowest BCUT2D eigenvalue weighted by Crippen LogP contribution is -2.44. The van der Waals surface area contributed by atoms with Crippen LogP contribution in [-0.2, 0) is 11.3 Å². The second-order valence-electron chi connectivity index (χ2n) is 5.23. The second-order valence-corrected chi connectivity index (χ2v) is 5.23. The van der Waals surface area contributed by atoms with Crippen molar-refractivity contribution in [3.63, 3.8) is 0 Å². The fraction of sp³-hybridized carbons (Fsp3) is 0.533. The summed E-state index contributed by atoms with van der Waals surface area (Å²) in [7, 11) is 0. The van der Waals surface area contributed by atoms with Gasteiger partial charge in [0.05, 0.1) is 17.2 Å². The minimum Gasteiger partial charge on any atom is -0.478 e. The van der Waals surface area contributed by atoms with Crippen LogP contribution < -0.4 is 5.32 Å². The van der Waals surface area contributed by atoms with Crippen LogP contribution in [0.25, 0.3) is 0 Å². The fourth-order valence-electron chi connectivity index (χ4n) is 2.61. The average Bonchev–Trinajstić information content (AvgIpc) is 2.49. The molecule has 6 heteroatoms. The van der Waals surface area contributed by atoms with Crippen molar-refractivity contribution in [1.82, 2.24) is 15.2 Å². The number of aromatic carboxylic acids is 1. The van der Waals surface area contributed by atoms with E-state index in [1.807, 2.05) is 11.8 Å². The van der Waals surface area contributed by atoms with Gasteiger partial charge in [-0.25, -0.2) is 4.79 Å². The van der Waals surface area contributed by atoms with Crippen molar-refractivity contribution in [3.8, 4) is 0 Å². The number of carboxylic acid groups (broad SMARTS) is 1. The summed E-state index contributed by atoms with van der Waals surface area (Å²) in [6.45, 7) is 4.69. The zero-order valence-corrected chi connectivity index (χ0v) is 12.2. The second kappa shape index (κ2) is 7.17. The van der Waals surface area contributed by atoms with Crippen LogP contribution in [0.2, 0.25) is 0 Å². The van der Waals surface area contributed by atoms with Crippen LogP contribution in [-0.4, -0.2) is 46.5 Å². The Morgan fingerprint density at radius 1 is 1.57 bits per heavy atom. The molecule has 2 N–H and O–H groups in total. The van der Waals surface area contributed by atoms with Crippen LogP contribution in [0, 0.1) is 5.92 Å². The molecule has 2 rings (SSSR count). The Morgan fingerprint density at radius 2 is 2.38 bits per heavy atom. The predicted octanol–water partition coefficient (Wildman–Crippen LogP) is 1.13. The number of nitrogens with one attached hydrogen (secondary N) is 1. The van der Waals surface area contributed by atoms with Crippen molar-refractivity contribution in [2.75, 3.05) is 19.6 Å². The summed E-state index contributed by atoms with van der Waals surface area (Å²) in [6, 6.07) is 3.02. The molecule has 21 heavy (non-hydrogen) atoms. The first-order valence-corrected chi connectivity index (χ1v) is 7.29. The van der Waals surface area contributed by atoms with Gasteiger partial charge in [-0.1, -0.05) is 0 Å². The van der Waals surface area contributed by atoms with Gasteiger partial charge in [0.15, 0.2) is 0 Å². The summed E-state index contributed by atoms with van der Waals surface area (Å²) in [5.41, 5.74) is 0.901. The lowest BCUT2D eigenvalue weighted by molar-refractivity contribution is -0.138. The van der Waals surface area contributed by atoms with Gasteiger partial charge in [0.1, 0.15) is 0 Å². The van der Waals surface area contributed by atoms with E-state index in [1.54, 1.807) is 6.07 Å². The fourth-order valence-corrected chi connectivity index (χ4v) is 2.61. The molecule has 0 aromatic carbocycles. The number of aromatic nitrogens is 1. The number of carboxylic acids is 1. The Morgan fingerprint density at radius 3 is 3.10 bits per heavy atom. The molecule has 2 heterocycles. The summed E-state index contributed by atoms with van der Waals surface area (Å²) in [5.74, 6) is -0.732. The van der Waals surface area contributed by atoms with Crippen molar-refractivity contribution in [3.05, 3.63) is 29.6 Å². The number of hydrogen-bond acceptors (Lipinski definition) is 4. The molecule has 1 aromatic rings. The quantitative estimate of drug-likeness (QED) is 0.821. The van der Waals surface area contributed by atoms with E-state index in [9.17, 15) is 9.59 Å². The van der Waals surface area contributed by atoms with Gasteiger partial charge in [0, 0.05) is 32.4 Å². The Kier molecular flexibility index (Phi) is 5.27. The molecule has 6 nitrogen and oxygen atoms in total. The van der Waals surface area contributed by atoms with Gasteiger partial charge in [-0.2, -0.15) is 0 Å². The first-order valence-electron chi connectivity index (χ1n) is 7.29. The first kappa shape index (κ1) is 15.4. The Balaban J connectivity index is 1.85. The van der Waals surface area contributed by atoms with Gasteiger partial charge in [0.2, 0.25) is 5.91 Å². The maximum absolute atomic E-state index is 12.1. The molecule has 0 unspecified atom stereocenters. The molecule has 1 fully saturated rings. The highest BCUT2D eigenvalue weighted by Gasteiger charge is 2.27. The van der Waals surface area contributed by atoms with E-state index in [4.69, 9.17) is 5.11 Å². The molecular weight excluding hydrogens is 270 g/mol. The lowest BCUT2D eigenvalue weighted by atomic mass is 9.97. The highest BCUT2D eigenvalue weighted by atomic mass is 16.4. The van der Waals surface area contributed by atoms with E-state index in [0.717, 1.165) is 25.9 Å². The molecular formula is C15H21N3O3. The lowest BCUT2D eigenvalue weighted by Gasteiger charge is -2.31. The third-order valence-electron chi connectivity index (χ3n) is 3.78. The van der Waals surface area contributed by atoms with Gasteiger partial charge in [-0.3, -0.25) is 9.78 Å². The number of hydrogen-bond donors (Lipinski definition) is 2. The third kappa shape index (κ3) is 4.01. The van der Waals surface area contributed by atoms with Gasteiger partial charge in [-0.05, 0) is 31.9 Å². The molecule has 1 aromatic heterocycles. The average molecular weight is 291 g/mol. The monoisotopic (exact) mass is 291 g/mol. The van der Waals surface area contributed by atoms with Crippen LogP contribution in [0.3, 0.4) is 0 Å². The van der Waals surface area contributed by atoms with Gasteiger partial charge < -0.3 is 15.3 Å². The molecule has 114 valence electrons. The normalized spacial score (nSPS) is 18.8. The highest BCUT2D eigenvalue weighted by molar-refractivity contribution is 5.87. The molecule has 1 aliphatic heterocycles. The van der Waals surface area contributed by atoms with Crippen LogP contribution in [0.4, 0.5) is 0 Å². The van der Waals surface area contributed by atoms with E-state index in [2.05, 4.69) is 10.3 Å². The summed E-state index contributed by atoms with van der Waals surface area (Å²) < 4.78 is 0. The Labute approximate surface area is 124 Å². The smallest absolute Gasteiger partial charge is 0.335 e. The van der Waals surface area contributed by atoms with Gasteiger partial charge in [-0.15, -0.1) is 0 Å². The van der Waals surface area contributed by atoms with Crippen LogP contribution in [0.1, 0.15) is 35.8 Å². The summed E-state index contributed by atoms with van der Waals surface area (Å²) >= 11 is 0. The maximum atomic E-state index is 12.1. The number of amides is 1. The molecule has 1 atom stereocenters. The zero-order valence-electron chi connectivity index (χ0n) is 12.2. The maximum Gasteiger partial charge on any atom is 0.335 e. The van der Waals surface area contributed by atoms with E-state index in [0.29, 0.717) is 18.8 Å². The Hall–Kier alpha value is -1.95. The van der Waals surface area contributed by atoms with Crippen molar-refractivity contribution in [1.29, 1.82) is 0 Å². The number of likely N-dealkylation sites (tertiary alicyclic amines) is 1.